The normalized spacial score (nSPS) is 13.1. The zero-order chi connectivity index (χ0) is 18.8. The zero-order valence-corrected chi connectivity index (χ0v) is 16.4. The van der Waals surface area contributed by atoms with Gasteiger partial charge in [0.25, 0.3) is 5.56 Å². The van der Waals surface area contributed by atoms with Crippen LogP contribution < -0.4 is 26.5 Å². The van der Waals surface area contributed by atoms with Crippen LogP contribution in [0.3, 0.4) is 0 Å². The summed E-state index contributed by atoms with van der Waals surface area (Å²) in [5.74, 6) is 1.11. The number of hydrogen-bond donors (Lipinski definition) is 4. The van der Waals surface area contributed by atoms with Crippen LogP contribution in [0.25, 0.3) is 10.2 Å². The Morgan fingerprint density at radius 3 is 2.81 bits per heavy atom. The van der Waals surface area contributed by atoms with E-state index in [1.165, 1.54) is 16.9 Å². The predicted molar refractivity (Wildman–Crippen MR) is 113 cm³/mol. The van der Waals surface area contributed by atoms with E-state index >= 15 is 0 Å². The number of aromatic amines is 1. The fraction of sp³-hybridized carbons (Fsp3) is 0.278. The Morgan fingerprint density at radius 2 is 2.04 bits per heavy atom. The third kappa shape index (κ3) is 3.74. The summed E-state index contributed by atoms with van der Waals surface area (Å²) in [5.41, 5.74) is 7.58. The van der Waals surface area contributed by atoms with Crippen molar-refractivity contribution in [1.29, 1.82) is 0 Å². The number of H-pyrrole nitrogens is 1. The van der Waals surface area contributed by atoms with Gasteiger partial charge >= 0.3 is 0 Å². The third-order valence-corrected chi connectivity index (χ3v) is 5.86. The predicted octanol–water partition coefficient (Wildman–Crippen LogP) is 3.19. The molecule has 0 fully saturated rings. The first-order chi connectivity index (χ1) is 13.1. The van der Waals surface area contributed by atoms with Gasteiger partial charge in [0.15, 0.2) is 5.11 Å². The Bertz CT molecular complexity index is 1040. The topological polar surface area (TPSA) is 91.1 Å². The molecule has 0 saturated carbocycles. The third-order valence-electron chi connectivity index (χ3n) is 4.47. The molecular formula is C18H19N5O2S2. The summed E-state index contributed by atoms with van der Waals surface area (Å²) in [5, 5.41) is 4.13. The van der Waals surface area contributed by atoms with Gasteiger partial charge in [-0.3, -0.25) is 20.6 Å². The number of thiocarbonyl (C=S) groups is 1. The van der Waals surface area contributed by atoms with E-state index in [1.54, 1.807) is 18.4 Å². The quantitative estimate of drug-likeness (QED) is 0.394. The van der Waals surface area contributed by atoms with E-state index < -0.39 is 0 Å². The highest BCUT2D eigenvalue weighted by Gasteiger charge is 2.19. The van der Waals surface area contributed by atoms with Crippen LogP contribution in [-0.4, -0.2) is 22.2 Å². The lowest BCUT2D eigenvalue weighted by Gasteiger charge is -2.12. The number of nitrogens with one attached hydrogen (secondary N) is 4. The van der Waals surface area contributed by atoms with Crippen LogP contribution in [0, 0.1) is 0 Å². The number of thiophene rings is 1. The molecule has 0 amide bonds. The molecule has 3 aromatic rings. The second-order valence-corrected chi connectivity index (χ2v) is 7.73. The van der Waals surface area contributed by atoms with Gasteiger partial charge in [-0.2, -0.15) is 0 Å². The smallest absolute Gasteiger partial charge is 0.261 e. The van der Waals surface area contributed by atoms with Crippen LogP contribution in [0.5, 0.6) is 5.75 Å². The van der Waals surface area contributed by atoms with Crippen LogP contribution >= 0.6 is 23.6 Å². The molecule has 1 aromatic carbocycles. The molecule has 0 spiro atoms. The first kappa shape index (κ1) is 17.7. The summed E-state index contributed by atoms with van der Waals surface area (Å²) in [6.07, 6.45) is 4.30. The molecule has 0 atom stereocenters. The highest BCUT2D eigenvalue weighted by atomic mass is 32.1. The van der Waals surface area contributed by atoms with Crippen LogP contribution in [-0.2, 0) is 12.8 Å². The van der Waals surface area contributed by atoms with Crippen LogP contribution in [0.4, 0.5) is 11.6 Å². The number of hydrogen-bond acceptors (Lipinski definition) is 6. The molecule has 0 bridgehead atoms. The van der Waals surface area contributed by atoms with Crippen molar-refractivity contribution >= 4 is 50.5 Å². The summed E-state index contributed by atoms with van der Waals surface area (Å²) in [4.78, 5) is 21.9. The highest BCUT2D eigenvalue weighted by molar-refractivity contribution is 7.80. The summed E-state index contributed by atoms with van der Waals surface area (Å²) < 4.78 is 5.13. The number of fused-ring (bicyclic) bond motifs is 3. The molecule has 4 N–H and O–H groups in total. The zero-order valence-electron chi connectivity index (χ0n) is 14.7. The van der Waals surface area contributed by atoms with Gasteiger partial charge in [-0.15, -0.1) is 11.3 Å². The van der Waals surface area contributed by atoms with Gasteiger partial charge in [-0.1, -0.05) is 0 Å². The standard InChI is InChI=1S/C18H19N5O2S2/c1-25-11-8-6-10(7-9-11)19-18(26)23-22-17-20-15(24)14-12-4-2-3-5-13(12)27-16(14)21-17/h6-9H,2-5H2,1H3,(H2,19,23,26)(H2,20,21,22,24). The lowest BCUT2D eigenvalue weighted by molar-refractivity contribution is 0.415. The van der Waals surface area contributed by atoms with Crippen molar-refractivity contribution in [3.05, 3.63) is 45.1 Å². The molecule has 9 heteroatoms. The van der Waals surface area contributed by atoms with Crippen LogP contribution in [0.15, 0.2) is 29.1 Å². The summed E-state index contributed by atoms with van der Waals surface area (Å²) in [7, 11) is 1.62. The Balaban J connectivity index is 1.45. The first-order valence-electron chi connectivity index (χ1n) is 8.65. The number of anilines is 2. The van der Waals surface area contributed by atoms with Crippen molar-refractivity contribution < 1.29 is 4.74 Å². The fourth-order valence-corrected chi connectivity index (χ4v) is 4.61. The second kappa shape index (κ2) is 7.53. The second-order valence-electron chi connectivity index (χ2n) is 6.24. The molecule has 1 aliphatic carbocycles. The summed E-state index contributed by atoms with van der Waals surface area (Å²) >= 11 is 6.87. The fourth-order valence-electron chi connectivity index (χ4n) is 3.18. The Hall–Kier alpha value is -2.65. The van der Waals surface area contributed by atoms with Crippen LogP contribution in [0.2, 0.25) is 0 Å². The van der Waals surface area contributed by atoms with E-state index in [1.807, 2.05) is 24.3 Å². The van der Waals surface area contributed by atoms with Gasteiger partial charge in [0.1, 0.15) is 10.6 Å². The molecule has 2 heterocycles. The number of hydrazine groups is 1. The molecule has 27 heavy (non-hydrogen) atoms. The largest absolute Gasteiger partial charge is 0.497 e. The van der Waals surface area contributed by atoms with E-state index in [9.17, 15) is 4.79 Å². The number of nitrogens with zero attached hydrogens (tertiary/aromatic N) is 1. The maximum Gasteiger partial charge on any atom is 0.261 e. The van der Waals surface area contributed by atoms with Gasteiger partial charge in [-0.25, -0.2) is 4.98 Å². The summed E-state index contributed by atoms with van der Waals surface area (Å²) in [6.45, 7) is 0. The molecule has 7 nitrogen and oxygen atoms in total. The lowest BCUT2D eigenvalue weighted by Crippen LogP contribution is -2.34. The molecule has 0 aliphatic heterocycles. The maximum atomic E-state index is 12.5. The van der Waals surface area contributed by atoms with Crippen molar-refractivity contribution in [3.8, 4) is 5.75 Å². The van der Waals surface area contributed by atoms with Crippen molar-refractivity contribution in [2.75, 3.05) is 17.9 Å². The molecular weight excluding hydrogens is 382 g/mol. The summed E-state index contributed by atoms with van der Waals surface area (Å²) in [6, 6.07) is 7.39. The van der Waals surface area contributed by atoms with Crippen molar-refractivity contribution in [1.82, 2.24) is 15.4 Å². The van der Waals surface area contributed by atoms with Gasteiger partial charge < -0.3 is 10.1 Å². The minimum absolute atomic E-state index is 0.113. The number of aryl methyl sites for hydroxylation is 2. The number of methoxy groups -OCH3 is 1. The van der Waals surface area contributed by atoms with Crippen molar-refractivity contribution in [2.24, 2.45) is 0 Å². The van der Waals surface area contributed by atoms with Gasteiger partial charge in [0.2, 0.25) is 5.95 Å². The first-order valence-corrected chi connectivity index (χ1v) is 9.88. The highest BCUT2D eigenvalue weighted by Crippen LogP contribution is 2.33. The number of aromatic nitrogens is 2. The molecule has 1 aliphatic rings. The van der Waals surface area contributed by atoms with Gasteiger partial charge in [-0.05, 0) is 67.7 Å². The molecule has 2 aromatic heterocycles. The average molecular weight is 402 g/mol. The number of rotatable bonds is 4. The Labute approximate surface area is 165 Å². The molecule has 140 valence electrons. The number of benzene rings is 1. The Morgan fingerprint density at radius 1 is 1.26 bits per heavy atom. The van der Waals surface area contributed by atoms with Crippen molar-refractivity contribution in [2.45, 2.75) is 25.7 Å². The minimum atomic E-state index is -0.113. The van der Waals surface area contributed by atoms with Crippen molar-refractivity contribution in [3.63, 3.8) is 0 Å². The van der Waals surface area contributed by atoms with E-state index in [2.05, 4.69) is 26.1 Å². The molecule has 0 radical (unpaired) electrons. The van der Waals surface area contributed by atoms with E-state index in [0.29, 0.717) is 11.1 Å². The monoisotopic (exact) mass is 401 g/mol. The maximum absolute atomic E-state index is 12.5. The van der Waals surface area contributed by atoms with E-state index in [4.69, 9.17) is 17.0 Å². The van der Waals surface area contributed by atoms with E-state index in [0.717, 1.165) is 40.9 Å². The minimum Gasteiger partial charge on any atom is -0.497 e. The molecule has 4 rings (SSSR count). The van der Waals surface area contributed by atoms with Crippen LogP contribution in [0.1, 0.15) is 23.3 Å². The number of ether oxygens (including phenoxy) is 1. The average Bonchev–Trinajstić information content (AvgIpc) is 3.06. The lowest BCUT2D eigenvalue weighted by atomic mass is 9.97. The molecule has 0 saturated heterocycles. The Kier molecular flexibility index (Phi) is 4.95. The van der Waals surface area contributed by atoms with Gasteiger partial charge in [0, 0.05) is 10.6 Å². The van der Waals surface area contributed by atoms with Gasteiger partial charge in [0.05, 0.1) is 12.5 Å². The SMILES string of the molecule is COc1ccc(NC(=S)NNc2nc3sc4c(c3c(=O)[nH]2)CCCC4)cc1. The van der Waals surface area contributed by atoms with E-state index in [-0.39, 0.29) is 5.56 Å². The molecule has 0 unspecified atom stereocenters.